The molecular weight excluding hydrogens is 330 g/mol. The second-order valence-electron chi connectivity index (χ2n) is 5.90. The first kappa shape index (κ1) is 16.1. The minimum absolute atomic E-state index is 0.407. The van der Waals surface area contributed by atoms with Crippen LogP contribution in [0.4, 0.5) is 0 Å². The molecule has 0 radical (unpaired) electrons. The predicted octanol–water partition coefficient (Wildman–Crippen LogP) is 4.28. The van der Waals surface area contributed by atoms with E-state index >= 15 is 0 Å². The first-order valence-electron chi connectivity index (χ1n) is 8.12. The minimum Gasteiger partial charge on any atom is -0.497 e. The minimum atomic E-state index is 0.407. The van der Waals surface area contributed by atoms with Crippen molar-refractivity contribution >= 4 is 10.9 Å². The summed E-state index contributed by atoms with van der Waals surface area (Å²) < 4.78 is 16.1. The largest absolute Gasteiger partial charge is 0.497 e. The molecule has 0 atom stereocenters. The second-order valence-corrected chi connectivity index (χ2v) is 5.90. The van der Waals surface area contributed by atoms with E-state index in [0.717, 1.165) is 27.8 Å². The Balaban J connectivity index is 1.80. The Hall–Kier alpha value is -3.41. The van der Waals surface area contributed by atoms with E-state index in [1.165, 1.54) is 0 Å². The van der Waals surface area contributed by atoms with Crippen LogP contribution in [0.15, 0.2) is 53.1 Å². The highest BCUT2D eigenvalue weighted by Crippen LogP contribution is 2.32. The van der Waals surface area contributed by atoms with Crippen LogP contribution in [0.2, 0.25) is 0 Å². The van der Waals surface area contributed by atoms with Crippen LogP contribution in [0.25, 0.3) is 33.7 Å². The highest BCUT2D eigenvalue weighted by Gasteiger charge is 2.17. The number of aryl methyl sites for hydroxylation is 1. The molecule has 2 aromatic heterocycles. The number of benzene rings is 2. The number of rotatable bonds is 4. The molecule has 0 bridgehead atoms. The summed E-state index contributed by atoms with van der Waals surface area (Å²) in [6, 6.07) is 15.5. The highest BCUT2D eigenvalue weighted by molar-refractivity contribution is 5.85. The fourth-order valence-electron chi connectivity index (χ4n) is 2.78. The van der Waals surface area contributed by atoms with Gasteiger partial charge >= 0.3 is 0 Å². The number of aromatic nitrogens is 3. The molecule has 0 spiro atoms. The Morgan fingerprint density at radius 3 is 2.62 bits per heavy atom. The molecule has 6 heteroatoms. The van der Waals surface area contributed by atoms with E-state index in [2.05, 4.69) is 15.1 Å². The van der Waals surface area contributed by atoms with Crippen molar-refractivity contribution in [3.05, 3.63) is 54.1 Å². The van der Waals surface area contributed by atoms with E-state index in [1.54, 1.807) is 14.2 Å². The van der Waals surface area contributed by atoms with Crippen LogP contribution in [0.1, 0.15) is 5.56 Å². The van der Waals surface area contributed by atoms with Crippen LogP contribution in [0.3, 0.4) is 0 Å². The van der Waals surface area contributed by atoms with Crippen molar-refractivity contribution in [2.45, 2.75) is 6.92 Å². The molecule has 0 amide bonds. The Morgan fingerprint density at radius 1 is 0.923 bits per heavy atom. The first-order chi connectivity index (χ1) is 12.7. The normalized spacial score (nSPS) is 10.9. The van der Waals surface area contributed by atoms with Crippen molar-refractivity contribution in [1.29, 1.82) is 0 Å². The van der Waals surface area contributed by atoms with Crippen LogP contribution >= 0.6 is 0 Å². The first-order valence-corrected chi connectivity index (χ1v) is 8.12. The van der Waals surface area contributed by atoms with Crippen molar-refractivity contribution in [1.82, 2.24) is 15.1 Å². The lowest BCUT2D eigenvalue weighted by Crippen LogP contribution is -1.94. The Morgan fingerprint density at radius 2 is 1.81 bits per heavy atom. The number of hydrogen-bond acceptors (Lipinski definition) is 6. The summed E-state index contributed by atoms with van der Waals surface area (Å²) in [5.41, 5.74) is 3.47. The maximum absolute atomic E-state index is 5.45. The van der Waals surface area contributed by atoms with Crippen molar-refractivity contribution in [3.8, 4) is 34.5 Å². The summed E-state index contributed by atoms with van der Waals surface area (Å²) in [6.45, 7) is 2.03. The summed E-state index contributed by atoms with van der Waals surface area (Å²) in [7, 11) is 3.20. The Bertz CT molecular complexity index is 1090. The van der Waals surface area contributed by atoms with Gasteiger partial charge in [-0.05, 0) is 42.8 Å². The van der Waals surface area contributed by atoms with Crippen LogP contribution in [0, 0.1) is 6.92 Å². The van der Waals surface area contributed by atoms with E-state index in [9.17, 15) is 0 Å². The topological polar surface area (TPSA) is 70.3 Å². The molecule has 0 saturated heterocycles. The molecule has 0 fully saturated rings. The van der Waals surface area contributed by atoms with Gasteiger partial charge in [0.15, 0.2) is 0 Å². The molecule has 0 aliphatic carbocycles. The van der Waals surface area contributed by atoms with E-state index in [-0.39, 0.29) is 0 Å². The quantitative estimate of drug-likeness (QED) is 0.549. The van der Waals surface area contributed by atoms with E-state index < -0.39 is 0 Å². The third kappa shape index (κ3) is 2.86. The van der Waals surface area contributed by atoms with Gasteiger partial charge in [-0.25, -0.2) is 4.98 Å². The number of methoxy groups -OCH3 is 2. The zero-order valence-corrected chi connectivity index (χ0v) is 14.7. The number of ether oxygens (including phenoxy) is 2. The molecule has 0 aliphatic rings. The Kier molecular flexibility index (Phi) is 4.01. The number of fused-ring (bicyclic) bond motifs is 1. The number of pyridine rings is 1. The molecule has 26 heavy (non-hydrogen) atoms. The Labute approximate surface area is 150 Å². The summed E-state index contributed by atoms with van der Waals surface area (Å²) in [5.74, 6) is 2.02. The molecule has 0 aliphatic heterocycles. The third-order valence-electron chi connectivity index (χ3n) is 4.12. The summed E-state index contributed by atoms with van der Waals surface area (Å²) >= 11 is 0. The maximum Gasteiger partial charge on any atom is 0.258 e. The lowest BCUT2D eigenvalue weighted by molar-refractivity contribution is 0.399. The van der Waals surface area contributed by atoms with Crippen molar-refractivity contribution in [3.63, 3.8) is 0 Å². The predicted molar refractivity (Wildman–Crippen MR) is 98.3 cm³/mol. The van der Waals surface area contributed by atoms with Gasteiger partial charge < -0.3 is 14.0 Å². The smallest absolute Gasteiger partial charge is 0.258 e. The van der Waals surface area contributed by atoms with Gasteiger partial charge in [-0.3, -0.25) is 0 Å². The van der Waals surface area contributed by atoms with Gasteiger partial charge in [0.1, 0.15) is 5.75 Å². The molecule has 2 aromatic carbocycles. The third-order valence-corrected chi connectivity index (χ3v) is 4.12. The number of hydrogen-bond donors (Lipinski definition) is 0. The maximum atomic E-state index is 5.45. The van der Waals surface area contributed by atoms with Gasteiger partial charge in [0.2, 0.25) is 11.7 Å². The van der Waals surface area contributed by atoms with Gasteiger partial charge in [-0.15, -0.1) is 0 Å². The SMILES string of the molecule is COc1cccc(-c2nc(-c3cc4ccc(C)cc4nc3OC)no2)c1. The highest BCUT2D eigenvalue weighted by atomic mass is 16.5. The van der Waals surface area contributed by atoms with Crippen molar-refractivity contribution in [2.24, 2.45) is 0 Å². The van der Waals surface area contributed by atoms with E-state index in [1.807, 2.05) is 55.5 Å². The molecule has 6 nitrogen and oxygen atoms in total. The molecule has 4 aromatic rings. The van der Waals surface area contributed by atoms with E-state index in [0.29, 0.717) is 23.2 Å². The molecule has 2 heterocycles. The van der Waals surface area contributed by atoms with Crippen LogP contribution in [-0.2, 0) is 0 Å². The van der Waals surface area contributed by atoms with Crippen LogP contribution in [0.5, 0.6) is 11.6 Å². The zero-order chi connectivity index (χ0) is 18.1. The molecule has 0 unspecified atom stereocenters. The van der Waals surface area contributed by atoms with Gasteiger partial charge in [-0.2, -0.15) is 4.98 Å². The average molecular weight is 347 g/mol. The van der Waals surface area contributed by atoms with Gasteiger partial charge in [0, 0.05) is 10.9 Å². The summed E-state index contributed by atoms with van der Waals surface area (Å²) in [6.07, 6.45) is 0. The van der Waals surface area contributed by atoms with Gasteiger partial charge in [0.25, 0.3) is 5.89 Å². The standard InChI is InChI=1S/C20H17N3O3/c1-12-7-8-13-11-16(20(25-3)21-17(13)9-12)18-22-19(26-23-18)14-5-4-6-15(10-14)24-2/h4-11H,1-3H3. The van der Waals surface area contributed by atoms with Crippen LogP contribution < -0.4 is 9.47 Å². The molecule has 0 N–H and O–H groups in total. The molecule has 4 rings (SSSR count). The fourth-order valence-corrected chi connectivity index (χ4v) is 2.78. The second kappa shape index (κ2) is 6.48. The van der Waals surface area contributed by atoms with Crippen LogP contribution in [-0.4, -0.2) is 29.3 Å². The molecular formula is C20H17N3O3. The zero-order valence-electron chi connectivity index (χ0n) is 14.7. The monoisotopic (exact) mass is 347 g/mol. The van der Waals surface area contributed by atoms with Crippen molar-refractivity contribution < 1.29 is 14.0 Å². The fraction of sp³-hybridized carbons (Fsp3) is 0.150. The number of nitrogens with zero attached hydrogens (tertiary/aromatic N) is 3. The van der Waals surface area contributed by atoms with Gasteiger partial charge in [-0.1, -0.05) is 23.4 Å². The summed E-state index contributed by atoms with van der Waals surface area (Å²) in [4.78, 5) is 9.08. The lowest BCUT2D eigenvalue weighted by atomic mass is 10.1. The van der Waals surface area contributed by atoms with Gasteiger partial charge in [0.05, 0.1) is 25.3 Å². The molecule has 0 saturated carbocycles. The molecule has 130 valence electrons. The van der Waals surface area contributed by atoms with Crippen molar-refractivity contribution in [2.75, 3.05) is 14.2 Å². The van der Waals surface area contributed by atoms with E-state index in [4.69, 9.17) is 14.0 Å². The average Bonchev–Trinajstić information content (AvgIpc) is 3.17. The summed E-state index contributed by atoms with van der Waals surface area (Å²) in [5, 5.41) is 5.09. The lowest BCUT2D eigenvalue weighted by Gasteiger charge is -2.07.